The molecule has 1 aromatic heterocycles. The second-order valence-electron chi connectivity index (χ2n) is 8.04. The maximum Gasteiger partial charge on any atom is 0.416 e. The summed E-state index contributed by atoms with van der Waals surface area (Å²) in [6.07, 6.45) is -1.38. The van der Waals surface area contributed by atoms with Gasteiger partial charge in [0.25, 0.3) is 0 Å². The lowest BCUT2D eigenvalue weighted by atomic mass is 10.1. The van der Waals surface area contributed by atoms with Crippen LogP contribution in [0.2, 0.25) is 0 Å². The van der Waals surface area contributed by atoms with E-state index in [-0.39, 0.29) is 0 Å². The molecule has 0 aliphatic carbocycles. The van der Waals surface area contributed by atoms with Crippen LogP contribution in [-0.2, 0) is 30.6 Å². The molecule has 2 aromatic rings. The number of hydrogen-bond acceptors (Lipinski definition) is 6. The maximum absolute atomic E-state index is 12.7. The minimum absolute atomic E-state index is 0.535. The van der Waals surface area contributed by atoms with Gasteiger partial charge >= 0.3 is 6.18 Å². The van der Waals surface area contributed by atoms with Crippen LogP contribution in [0.1, 0.15) is 35.7 Å². The lowest BCUT2D eigenvalue weighted by molar-refractivity contribution is -0.137. The molecule has 1 saturated heterocycles. The molecule has 4 rings (SSSR count). The smallest absolute Gasteiger partial charge is 0.289 e. The summed E-state index contributed by atoms with van der Waals surface area (Å²) in [5, 5.41) is 0. The van der Waals surface area contributed by atoms with Crippen LogP contribution in [0, 0.1) is 5.92 Å². The summed E-state index contributed by atoms with van der Waals surface area (Å²) in [4.78, 5) is 12.4. The van der Waals surface area contributed by atoms with Gasteiger partial charge in [0.15, 0.2) is 0 Å². The Kier molecular flexibility index (Phi) is 7.05. The van der Waals surface area contributed by atoms with Crippen molar-refractivity contribution in [3.63, 3.8) is 0 Å². The second kappa shape index (κ2) is 9.77. The molecule has 1 atom stereocenters. The Balaban J connectivity index is 1.25. The number of nitrogens with one attached hydrogen (secondary N) is 1. The Hall–Kier alpha value is -1.81. The lowest BCUT2D eigenvalue weighted by Crippen LogP contribution is -2.17. The van der Waals surface area contributed by atoms with Gasteiger partial charge in [-0.15, -0.1) is 0 Å². The summed E-state index contributed by atoms with van der Waals surface area (Å²) in [6.45, 7) is 6.99. The Morgan fingerprint density at radius 3 is 2.77 bits per heavy atom. The van der Waals surface area contributed by atoms with Gasteiger partial charge in [-0.2, -0.15) is 13.2 Å². The van der Waals surface area contributed by atoms with Crippen molar-refractivity contribution >= 4 is 17.6 Å². The molecule has 0 radical (unpaired) electrons. The molecule has 0 amide bonds. The molecule has 1 unspecified atom stereocenters. The number of halogens is 3. The summed E-state index contributed by atoms with van der Waals surface area (Å²) in [7, 11) is 0. The predicted molar refractivity (Wildman–Crippen MR) is 116 cm³/mol. The van der Waals surface area contributed by atoms with Gasteiger partial charge in [0.1, 0.15) is 0 Å². The summed E-state index contributed by atoms with van der Waals surface area (Å²) >= 11 is 1.88. The zero-order valence-corrected chi connectivity index (χ0v) is 18.3. The van der Waals surface area contributed by atoms with Gasteiger partial charge in [0, 0.05) is 38.5 Å². The number of alkyl halides is 3. The standard InChI is InChI=1S/C22H27F3N4OS/c1-2-31-29-8-7-17(12-29)15-30-27-20-9-18-13-28(14-21(18)26-10-20)11-16-3-5-19(6-4-16)22(23,24)25/h3-6,9-10,17,27H,2,7-8,11-15H2,1H3. The van der Waals surface area contributed by atoms with Gasteiger partial charge in [-0.25, -0.2) is 0 Å². The zero-order valence-electron chi connectivity index (χ0n) is 17.5. The van der Waals surface area contributed by atoms with Gasteiger partial charge in [0.05, 0.1) is 29.7 Å². The van der Waals surface area contributed by atoms with E-state index < -0.39 is 11.7 Å². The van der Waals surface area contributed by atoms with Crippen molar-refractivity contribution in [1.29, 1.82) is 0 Å². The molecule has 1 fully saturated rings. The molecule has 0 spiro atoms. The molecule has 3 heterocycles. The molecular formula is C22H27F3N4OS. The van der Waals surface area contributed by atoms with Gasteiger partial charge in [0.2, 0.25) is 0 Å². The first-order chi connectivity index (χ1) is 14.9. The monoisotopic (exact) mass is 452 g/mol. The van der Waals surface area contributed by atoms with E-state index in [2.05, 4.69) is 26.6 Å². The van der Waals surface area contributed by atoms with Crippen molar-refractivity contribution in [3.8, 4) is 0 Å². The fourth-order valence-electron chi connectivity index (χ4n) is 4.03. The molecule has 0 saturated carbocycles. The van der Waals surface area contributed by atoms with E-state index in [0.29, 0.717) is 32.2 Å². The predicted octanol–water partition coefficient (Wildman–Crippen LogP) is 4.95. The van der Waals surface area contributed by atoms with E-state index >= 15 is 0 Å². The molecular weight excluding hydrogens is 425 g/mol. The first-order valence-corrected chi connectivity index (χ1v) is 11.5. The van der Waals surface area contributed by atoms with E-state index in [1.165, 1.54) is 0 Å². The average Bonchev–Trinajstić information content (AvgIpc) is 3.34. The van der Waals surface area contributed by atoms with Crippen LogP contribution in [0.25, 0.3) is 0 Å². The molecule has 5 nitrogen and oxygen atoms in total. The number of hydrogen-bond donors (Lipinski definition) is 1. The lowest BCUT2D eigenvalue weighted by Gasteiger charge is -2.15. The van der Waals surface area contributed by atoms with Crippen molar-refractivity contribution < 1.29 is 18.0 Å². The third-order valence-corrected chi connectivity index (χ3v) is 6.54. The number of anilines is 1. The Morgan fingerprint density at radius 1 is 1.23 bits per heavy atom. The molecule has 9 heteroatoms. The van der Waals surface area contributed by atoms with E-state index in [0.717, 1.165) is 59.9 Å². The second-order valence-corrected chi connectivity index (χ2v) is 9.40. The van der Waals surface area contributed by atoms with Crippen LogP contribution in [0.3, 0.4) is 0 Å². The van der Waals surface area contributed by atoms with Crippen LogP contribution < -0.4 is 5.48 Å². The highest BCUT2D eigenvalue weighted by Gasteiger charge is 2.30. The van der Waals surface area contributed by atoms with Crippen molar-refractivity contribution in [2.24, 2.45) is 5.92 Å². The minimum Gasteiger partial charge on any atom is -0.289 e. The van der Waals surface area contributed by atoms with Crippen LogP contribution in [0.15, 0.2) is 36.5 Å². The molecule has 0 bridgehead atoms. The number of aromatic nitrogens is 1. The molecule has 168 valence electrons. The summed E-state index contributed by atoms with van der Waals surface area (Å²) in [5.74, 6) is 1.64. The molecule has 2 aliphatic rings. The van der Waals surface area contributed by atoms with Crippen LogP contribution in [-0.4, -0.2) is 39.6 Å². The normalized spacial score (nSPS) is 19.7. The number of benzene rings is 1. The summed E-state index contributed by atoms with van der Waals surface area (Å²) in [6, 6.07) is 7.41. The SMILES string of the molecule is CCSN1CCC(CONc2cnc3c(c2)CN(Cc2ccc(C(F)(F)F)cc2)C3)C1. The number of rotatable bonds is 8. The topological polar surface area (TPSA) is 40.6 Å². The van der Waals surface area contributed by atoms with Crippen molar-refractivity contribution in [3.05, 3.63) is 58.9 Å². The first kappa shape index (κ1) is 22.4. The van der Waals surface area contributed by atoms with Gasteiger partial charge in [-0.3, -0.25) is 24.5 Å². The summed E-state index contributed by atoms with van der Waals surface area (Å²) in [5.41, 5.74) is 6.20. The van der Waals surface area contributed by atoms with Gasteiger partial charge in [-0.05, 0) is 41.7 Å². The van der Waals surface area contributed by atoms with Crippen LogP contribution >= 0.6 is 11.9 Å². The average molecular weight is 453 g/mol. The molecule has 1 aromatic carbocycles. The quantitative estimate of drug-likeness (QED) is 0.452. The number of fused-ring (bicyclic) bond motifs is 1. The van der Waals surface area contributed by atoms with Crippen molar-refractivity contribution in [2.75, 3.05) is 30.9 Å². The highest BCUT2D eigenvalue weighted by Crippen LogP contribution is 2.30. The van der Waals surface area contributed by atoms with Crippen molar-refractivity contribution in [2.45, 2.75) is 39.2 Å². The van der Waals surface area contributed by atoms with E-state index in [9.17, 15) is 13.2 Å². The van der Waals surface area contributed by atoms with E-state index in [1.807, 2.05) is 18.0 Å². The Labute approximate surface area is 185 Å². The fraction of sp³-hybridized carbons (Fsp3) is 0.500. The van der Waals surface area contributed by atoms with Crippen LogP contribution in [0.4, 0.5) is 18.9 Å². The molecule has 31 heavy (non-hydrogen) atoms. The third-order valence-electron chi connectivity index (χ3n) is 5.58. The fourth-order valence-corrected chi connectivity index (χ4v) is 4.94. The zero-order chi connectivity index (χ0) is 21.8. The van der Waals surface area contributed by atoms with Crippen molar-refractivity contribution in [1.82, 2.24) is 14.2 Å². The van der Waals surface area contributed by atoms with Crippen LogP contribution in [0.5, 0.6) is 0 Å². The largest absolute Gasteiger partial charge is 0.416 e. The van der Waals surface area contributed by atoms with Gasteiger partial charge in [-0.1, -0.05) is 31.0 Å². The summed E-state index contributed by atoms with van der Waals surface area (Å²) < 4.78 is 40.6. The maximum atomic E-state index is 12.7. The molecule has 1 N–H and O–H groups in total. The van der Waals surface area contributed by atoms with Gasteiger partial charge < -0.3 is 0 Å². The van der Waals surface area contributed by atoms with E-state index in [4.69, 9.17) is 4.84 Å². The Bertz CT molecular complexity index is 878. The minimum atomic E-state index is -4.30. The third kappa shape index (κ3) is 5.91. The highest BCUT2D eigenvalue weighted by atomic mass is 32.2. The molecule has 2 aliphatic heterocycles. The highest BCUT2D eigenvalue weighted by molar-refractivity contribution is 7.96. The number of pyridine rings is 1. The number of nitrogens with zero attached hydrogens (tertiary/aromatic N) is 3. The Morgan fingerprint density at radius 2 is 2.03 bits per heavy atom. The van der Waals surface area contributed by atoms with E-state index in [1.54, 1.807) is 18.3 Å². The first-order valence-electron chi connectivity index (χ1n) is 10.5.